The van der Waals surface area contributed by atoms with Crippen molar-refractivity contribution in [3.05, 3.63) is 54.5 Å². The molecule has 4 rings (SSSR count). The van der Waals surface area contributed by atoms with E-state index < -0.39 is 0 Å². The molecule has 0 unspecified atom stereocenters. The molecule has 0 spiro atoms. The van der Waals surface area contributed by atoms with E-state index in [-0.39, 0.29) is 0 Å². The van der Waals surface area contributed by atoms with Gasteiger partial charge in [0, 0.05) is 11.8 Å². The molecule has 0 bridgehead atoms. The molecule has 2 aromatic carbocycles. The molecule has 3 heteroatoms. The average molecular weight is 330 g/mol. The van der Waals surface area contributed by atoms with Gasteiger partial charge < -0.3 is 0 Å². The predicted molar refractivity (Wildman–Crippen MR) is 103 cm³/mol. The third kappa shape index (κ3) is 3.07. The van der Waals surface area contributed by atoms with Crippen molar-refractivity contribution in [3.8, 4) is 11.3 Å². The lowest BCUT2D eigenvalue weighted by molar-refractivity contribution is -0.663. The molecule has 3 aromatic rings. The van der Waals surface area contributed by atoms with Gasteiger partial charge in [0.1, 0.15) is 0 Å². The van der Waals surface area contributed by atoms with Gasteiger partial charge in [-0.05, 0) is 48.1 Å². The number of hydrogen-bond acceptors (Lipinski definition) is 2. The smallest absolute Gasteiger partial charge is 0.253 e. The quantitative estimate of drug-likeness (QED) is 0.494. The number of hydrogen-bond donors (Lipinski definition) is 0. The van der Waals surface area contributed by atoms with E-state index in [0.717, 1.165) is 11.4 Å². The molecule has 126 valence electrons. The zero-order chi connectivity index (χ0) is 17.2. The normalized spacial score (nSPS) is 15.4. The van der Waals surface area contributed by atoms with Crippen molar-refractivity contribution in [2.75, 3.05) is 0 Å². The minimum absolute atomic E-state index is 0.621. The highest BCUT2D eigenvalue weighted by atomic mass is 15.0. The van der Waals surface area contributed by atoms with Crippen LogP contribution >= 0.6 is 0 Å². The van der Waals surface area contributed by atoms with E-state index in [2.05, 4.69) is 59.1 Å². The topological polar surface area (TPSA) is 29.1 Å². The van der Waals surface area contributed by atoms with Crippen molar-refractivity contribution in [3.63, 3.8) is 0 Å². The minimum atomic E-state index is 0.621. The molecular formula is C22H24N3+. The molecule has 1 heterocycles. The molecule has 1 aliphatic carbocycles. The first-order valence-corrected chi connectivity index (χ1v) is 9.10. The summed E-state index contributed by atoms with van der Waals surface area (Å²) < 4.78 is 2.08. The van der Waals surface area contributed by atoms with E-state index >= 15 is 0 Å². The SMILES string of the molecule is Cc1c(-c2c(N=CC3CCCC3)cnc[n+]2C)ccc2ccccc12. The van der Waals surface area contributed by atoms with Crippen LogP contribution in [-0.4, -0.2) is 11.2 Å². The second-order valence-corrected chi connectivity index (χ2v) is 7.02. The summed E-state index contributed by atoms with van der Waals surface area (Å²) in [5, 5.41) is 2.57. The molecule has 0 saturated heterocycles. The Hall–Kier alpha value is -2.55. The number of aliphatic imine (C=N–C) groups is 1. The Morgan fingerprint density at radius 2 is 1.92 bits per heavy atom. The summed E-state index contributed by atoms with van der Waals surface area (Å²) in [6.07, 6.45) is 11.1. The Bertz CT molecular complexity index is 937. The first-order chi connectivity index (χ1) is 12.2. The summed E-state index contributed by atoms with van der Waals surface area (Å²) in [4.78, 5) is 9.20. The Morgan fingerprint density at radius 3 is 2.76 bits per heavy atom. The van der Waals surface area contributed by atoms with Gasteiger partial charge in [-0.25, -0.2) is 4.57 Å². The van der Waals surface area contributed by atoms with Gasteiger partial charge in [0.25, 0.3) is 6.33 Å². The summed E-state index contributed by atoms with van der Waals surface area (Å²) in [5.74, 6) is 0.621. The third-order valence-corrected chi connectivity index (χ3v) is 5.31. The highest BCUT2D eigenvalue weighted by molar-refractivity contribution is 5.92. The molecule has 3 nitrogen and oxygen atoms in total. The highest BCUT2D eigenvalue weighted by Gasteiger charge is 2.18. The fourth-order valence-electron chi connectivity index (χ4n) is 3.90. The molecule has 0 atom stereocenters. The van der Waals surface area contributed by atoms with Crippen molar-refractivity contribution in [2.24, 2.45) is 18.0 Å². The number of aryl methyl sites for hydroxylation is 2. The van der Waals surface area contributed by atoms with Gasteiger partial charge in [0.05, 0.1) is 7.05 Å². The van der Waals surface area contributed by atoms with Crippen molar-refractivity contribution >= 4 is 22.7 Å². The summed E-state index contributed by atoms with van der Waals surface area (Å²) >= 11 is 0. The van der Waals surface area contributed by atoms with Crippen LogP contribution in [0.15, 0.2) is 53.9 Å². The predicted octanol–water partition coefficient (Wildman–Crippen LogP) is 4.93. The van der Waals surface area contributed by atoms with Crippen LogP contribution in [-0.2, 0) is 7.05 Å². The fourth-order valence-corrected chi connectivity index (χ4v) is 3.90. The molecule has 25 heavy (non-hydrogen) atoms. The van der Waals surface area contributed by atoms with E-state index in [9.17, 15) is 0 Å². The molecule has 1 aromatic heterocycles. The van der Waals surface area contributed by atoms with Gasteiger partial charge in [0.2, 0.25) is 0 Å². The van der Waals surface area contributed by atoms with Gasteiger partial charge in [0.15, 0.2) is 17.6 Å². The molecule has 0 aliphatic heterocycles. The maximum Gasteiger partial charge on any atom is 0.286 e. The summed E-state index contributed by atoms with van der Waals surface area (Å²) in [7, 11) is 2.05. The maximum absolute atomic E-state index is 4.84. The molecule has 1 fully saturated rings. The first kappa shape index (κ1) is 15.9. The molecule has 1 saturated carbocycles. The van der Waals surface area contributed by atoms with Gasteiger partial charge >= 0.3 is 0 Å². The molecule has 0 N–H and O–H groups in total. The van der Waals surface area contributed by atoms with Crippen LogP contribution < -0.4 is 4.57 Å². The van der Waals surface area contributed by atoms with Crippen LogP contribution in [0.5, 0.6) is 0 Å². The van der Waals surface area contributed by atoms with Crippen LogP contribution in [0.25, 0.3) is 22.0 Å². The number of rotatable bonds is 3. The Balaban J connectivity index is 1.83. The van der Waals surface area contributed by atoms with Crippen LogP contribution in [0, 0.1) is 12.8 Å². The van der Waals surface area contributed by atoms with Crippen LogP contribution in [0.1, 0.15) is 31.2 Å². The van der Waals surface area contributed by atoms with Gasteiger partial charge in [-0.15, -0.1) is 0 Å². The number of benzene rings is 2. The Labute approximate surface area is 149 Å². The highest BCUT2D eigenvalue weighted by Crippen LogP contribution is 2.33. The largest absolute Gasteiger partial charge is 0.286 e. The first-order valence-electron chi connectivity index (χ1n) is 9.10. The summed E-state index contributed by atoms with van der Waals surface area (Å²) in [6.45, 7) is 2.20. The molecular weight excluding hydrogens is 306 g/mol. The lowest BCUT2D eigenvalue weighted by atomic mass is 9.97. The second kappa shape index (κ2) is 6.75. The van der Waals surface area contributed by atoms with Crippen molar-refractivity contribution in [1.29, 1.82) is 0 Å². The van der Waals surface area contributed by atoms with E-state index in [0.29, 0.717) is 5.92 Å². The summed E-state index contributed by atoms with van der Waals surface area (Å²) in [5.41, 5.74) is 4.60. The fraction of sp³-hybridized carbons (Fsp3) is 0.318. The van der Waals surface area contributed by atoms with E-state index in [4.69, 9.17) is 4.99 Å². The van der Waals surface area contributed by atoms with Gasteiger partial charge in [-0.1, -0.05) is 48.2 Å². The van der Waals surface area contributed by atoms with E-state index in [1.165, 1.54) is 47.6 Å². The van der Waals surface area contributed by atoms with Crippen LogP contribution in [0.4, 0.5) is 5.69 Å². The van der Waals surface area contributed by atoms with Crippen LogP contribution in [0.2, 0.25) is 0 Å². The van der Waals surface area contributed by atoms with Crippen LogP contribution in [0.3, 0.4) is 0 Å². The molecule has 0 amide bonds. The zero-order valence-electron chi connectivity index (χ0n) is 14.9. The lowest BCUT2D eigenvalue weighted by Gasteiger charge is -2.11. The van der Waals surface area contributed by atoms with Crippen molar-refractivity contribution < 1.29 is 4.57 Å². The van der Waals surface area contributed by atoms with E-state index in [1.807, 2.05) is 19.6 Å². The Morgan fingerprint density at radius 1 is 1.12 bits per heavy atom. The van der Waals surface area contributed by atoms with Crippen molar-refractivity contribution in [1.82, 2.24) is 4.98 Å². The van der Waals surface area contributed by atoms with E-state index in [1.54, 1.807) is 0 Å². The van der Waals surface area contributed by atoms with Gasteiger partial charge in [-0.2, -0.15) is 0 Å². The maximum atomic E-state index is 4.84. The third-order valence-electron chi connectivity index (χ3n) is 5.31. The van der Waals surface area contributed by atoms with Crippen molar-refractivity contribution in [2.45, 2.75) is 32.6 Å². The van der Waals surface area contributed by atoms with Gasteiger partial charge in [-0.3, -0.25) is 4.99 Å². The summed E-state index contributed by atoms with van der Waals surface area (Å²) in [6, 6.07) is 13.0. The average Bonchev–Trinajstić information content (AvgIpc) is 3.15. The number of aromatic nitrogens is 2. The Kier molecular flexibility index (Phi) is 4.31. The number of nitrogens with zero attached hydrogens (tertiary/aromatic N) is 3. The lowest BCUT2D eigenvalue weighted by Crippen LogP contribution is -2.31. The molecule has 1 aliphatic rings. The standard InChI is InChI=1S/C22H24N3/c1-16-19-10-6-5-9-18(19)11-12-20(16)22-21(14-23-15-25(22)2)24-13-17-7-3-4-8-17/h5-6,9-15,17H,3-4,7-8H2,1-2H3/q+1. The second-order valence-electron chi connectivity index (χ2n) is 7.02. The molecule has 0 radical (unpaired) electrons. The zero-order valence-corrected chi connectivity index (χ0v) is 14.9. The minimum Gasteiger partial charge on any atom is -0.253 e. The number of fused-ring (bicyclic) bond motifs is 1. The monoisotopic (exact) mass is 330 g/mol.